The van der Waals surface area contributed by atoms with Crippen LogP contribution in [0, 0.1) is 13.8 Å². The topological polar surface area (TPSA) is 84.3 Å². The molecule has 7 nitrogen and oxygen atoms in total. The zero-order valence-electron chi connectivity index (χ0n) is 18.3. The van der Waals surface area contributed by atoms with Crippen molar-refractivity contribution >= 4 is 50.7 Å². The number of carbonyl (C=O) groups excluding carboxylic acids is 2. The van der Waals surface area contributed by atoms with Crippen molar-refractivity contribution in [3.8, 4) is 0 Å². The predicted molar refractivity (Wildman–Crippen MR) is 128 cm³/mol. The van der Waals surface area contributed by atoms with Gasteiger partial charge in [-0.05, 0) is 63.3 Å². The van der Waals surface area contributed by atoms with Crippen LogP contribution in [0.25, 0.3) is 10.2 Å². The molecule has 0 spiro atoms. The Balaban J connectivity index is 1.59. The smallest absolute Gasteiger partial charge is 0.264 e. The molecule has 3 heterocycles. The number of piperidine rings is 1. The number of amides is 2. The molecule has 168 valence electrons. The number of aromatic nitrogens is 2. The third-order valence-corrected chi connectivity index (χ3v) is 7.54. The minimum absolute atomic E-state index is 0.0438. The molecule has 0 bridgehead atoms. The van der Waals surface area contributed by atoms with E-state index in [2.05, 4.69) is 17.2 Å². The van der Waals surface area contributed by atoms with Crippen LogP contribution in [0.15, 0.2) is 29.3 Å². The maximum Gasteiger partial charge on any atom is 0.264 e. The summed E-state index contributed by atoms with van der Waals surface area (Å²) >= 11 is 7.36. The maximum absolute atomic E-state index is 13.2. The van der Waals surface area contributed by atoms with E-state index >= 15 is 0 Å². The Bertz CT molecular complexity index is 1270. The summed E-state index contributed by atoms with van der Waals surface area (Å²) in [5.41, 5.74) is 1.77. The first kappa shape index (κ1) is 22.5. The number of nitrogens with one attached hydrogen (secondary N) is 1. The Labute approximate surface area is 195 Å². The third kappa shape index (κ3) is 4.29. The van der Waals surface area contributed by atoms with E-state index in [4.69, 9.17) is 11.6 Å². The largest absolute Gasteiger partial charge is 0.335 e. The molecule has 1 aliphatic heterocycles. The quantitative estimate of drug-likeness (QED) is 0.610. The normalized spacial score (nSPS) is 16.4. The molecule has 32 heavy (non-hydrogen) atoms. The fourth-order valence-corrected chi connectivity index (χ4v) is 5.31. The molecule has 1 N–H and O–H groups in total. The second-order valence-electron chi connectivity index (χ2n) is 8.27. The van der Waals surface area contributed by atoms with Gasteiger partial charge in [0.1, 0.15) is 11.4 Å². The lowest BCUT2D eigenvalue weighted by atomic mass is 10.0. The van der Waals surface area contributed by atoms with Gasteiger partial charge in [-0.25, -0.2) is 4.98 Å². The summed E-state index contributed by atoms with van der Waals surface area (Å²) in [4.78, 5) is 46.1. The van der Waals surface area contributed by atoms with Crippen molar-refractivity contribution in [2.75, 3.05) is 11.9 Å². The molecular weight excluding hydrogens is 448 g/mol. The van der Waals surface area contributed by atoms with E-state index in [-0.39, 0.29) is 30.0 Å². The summed E-state index contributed by atoms with van der Waals surface area (Å²) in [6.07, 6.45) is 4.47. The molecule has 2 amide bonds. The minimum atomic E-state index is -0.362. The lowest BCUT2D eigenvalue weighted by molar-refractivity contribution is -0.116. The van der Waals surface area contributed by atoms with Crippen molar-refractivity contribution in [1.29, 1.82) is 0 Å². The fourth-order valence-electron chi connectivity index (χ4n) is 4.03. The molecule has 9 heteroatoms. The van der Waals surface area contributed by atoms with E-state index in [1.54, 1.807) is 19.1 Å². The van der Waals surface area contributed by atoms with E-state index in [0.717, 1.165) is 31.4 Å². The van der Waals surface area contributed by atoms with Gasteiger partial charge in [0.25, 0.3) is 11.5 Å². The van der Waals surface area contributed by atoms with Gasteiger partial charge in [0.2, 0.25) is 5.91 Å². The number of likely N-dealkylation sites (tertiary alicyclic amines) is 1. The minimum Gasteiger partial charge on any atom is -0.335 e. The van der Waals surface area contributed by atoms with Crippen molar-refractivity contribution in [2.45, 2.75) is 52.6 Å². The average Bonchev–Trinajstić information content (AvgIpc) is 3.10. The van der Waals surface area contributed by atoms with Crippen LogP contribution in [0.4, 0.5) is 5.69 Å². The van der Waals surface area contributed by atoms with Crippen molar-refractivity contribution in [2.24, 2.45) is 0 Å². The van der Waals surface area contributed by atoms with E-state index in [1.807, 2.05) is 17.9 Å². The van der Waals surface area contributed by atoms with E-state index in [9.17, 15) is 14.4 Å². The van der Waals surface area contributed by atoms with Gasteiger partial charge in [-0.2, -0.15) is 0 Å². The van der Waals surface area contributed by atoms with Gasteiger partial charge in [0.05, 0.1) is 16.6 Å². The van der Waals surface area contributed by atoms with Crippen LogP contribution in [-0.4, -0.2) is 38.9 Å². The van der Waals surface area contributed by atoms with Crippen LogP contribution < -0.4 is 10.9 Å². The number of hydrogen-bond acceptors (Lipinski definition) is 5. The average molecular weight is 473 g/mol. The van der Waals surface area contributed by atoms with Crippen molar-refractivity contribution in [3.05, 3.63) is 55.9 Å². The van der Waals surface area contributed by atoms with E-state index in [1.165, 1.54) is 22.2 Å². The molecule has 1 atom stereocenters. The lowest BCUT2D eigenvalue weighted by Gasteiger charge is -2.33. The molecule has 1 fully saturated rings. The highest BCUT2D eigenvalue weighted by molar-refractivity contribution is 7.20. The van der Waals surface area contributed by atoms with Gasteiger partial charge < -0.3 is 10.2 Å². The number of benzene rings is 1. The number of anilines is 1. The molecule has 4 rings (SSSR count). The second kappa shape index (κ2) is 9.03. The summed E-state index contributed by atoms with van der Waals surface area (Å²) in [7, 11) is 0. The molecule has 0 unspecified atom stereocenters. The molecule has 1 aromatic carbocycles. The van der Waals surface area contributed by atoms with Crippen LogP contribution in [0.5, 0.6) is 0 Å². The first-order valence-electron chi connectivity index (χ1n) is 10.6. The monoisotopic (exact) mass is 472 g/mol. The number of rotatable bonds is 4. The molecule has 0 saturated carbocycles. The Morgan fingerprint density at radius 2 is 2.06 bits per heavy atom. The van der Waals surface area contributed by atoms with Gasteiger partial charge >= 0.3 is 0 Å². The highest BCUT2D eigenvalue weighted by Gasteiger charge is 2.28. The SMILES string of the molecule is Cc1ccc(NC(=O)Cn2cnc3sc(C(=O)N4CCCC[C@@H]4C)c(C)c3c2=O)cc1Cl. The molecule has 2 aromatic heterocycles. The van der Waals surface area contributed by atoms with Gasteiger partial charge in [0.15, 0.2) is 0 Å². The van der Waals surface area contributed by atoms with Gasteiger partial charge in [-0.1, -0.05) is 17.7 Å². The van der Waals surface area contributed by atoms with Crippen molar-refractivity contribution in [1.82, 2.24) is 14.5 Å². The number of aryl methyl sites for hydroxylation is 2. The Hall–Kier alpha value is -2.71. The summed E-state index contributed by atoms with van der Waals surface area (Å²) in [6, 6.07) is 5.42. The Morgan fingerprint density at radius 1 is 1.28 bits per heavy atom. The predicted octanol–water partition coefficient (Wildman–Crippen LogP) is 4.38. The highest BCUT2D eigenvalue weighted by atomic mass is 35.5. The first-order valence-corrected chi connectivity index (χ1v) is 11.8. The van der Waals surface area contributed by atoms with Crippen LogP contribution >= 0.6 is 22.9 Å². The fraction of sp³-hybridized carbons (Fsp3) is 0.391. The molecule has 0 radical (unpaired) electrons. The molecular formula is C23H25ClN4O3S. The summed E-state index contributed by atoms with van der Waals surface area (Å²) in [5.74, 6) is -0.405. The van der Waals surface area contributed by atoms with Gasteiger partial charge in [-0.3, -0.25) is 19.0 Å². The summed E-state index contributed by atoms with van der Waals surface area (Å²) in [5, 5.41) is 3.70. The summed E-state index contributed by atoms with van der Waals surface area (Å²) in [6.45, 7) is 6.26. The highest BCUT2D eigenvalue weighted by Crippen LogP contribution is 2.30. The van der Waals surface area contributed by atoms with Crippen LogP contribution in [0.2, 0.25) is 5.02 Å². The maximum atomic E-state index is 13.2. The second-order valence-corrected chi connectivity index (χ2v) is 9.68. The Kier molecular flexibility index (Phi) is 6.35. The number of hydrogen-bond donors (Lipinski definition) is 1. The number of fused-ring (bicyclic) bond motifs is 1. The van der Waals surface area contributed by atoms with Crippen LogP contribution in [-0.2, 0) is 11.3 Å². The zero-order chi connectivity index (χ0) is 23.0. The Morgan fingerprint density at radius 3 is 2.78 bits per heavy atom. The standard InChI is InChI=1S/C23H25ClN4O3S/c1-13-7-8-16(10-17(13)24)26-18(29)11-27-12-25-21-19(22(27)30)15(3)20(32-21)23(31)28-9-5-4-6-14(28)2/h7-8,10,12,14H,4-6,9,11H2,1-3H3,(H,26,29)/t14-/m0/s1. The number of thiophene rings is 1. The van der Waals surface area contributed by atoms with Crippen LogP contribution in [0.1, 0.15) is 47.0 Å². The van der Waals surface area contributed by atoms with Gasteiger partial charge in [-0.15, -0.1) is 11.3 Å². The molecule has 3 aromatic rings. The molecule has 1 aliphatic rings. The number of halogens is 1. The molecule has 1 saturated heterocycles. The van der Waals surface area contributed by atoms with Gasteiger partial charge in [0, 0.05) is 23.3 Å². The summed E-state index contributed by atoms with van der Waals surface area (Å²) < 4.78 is 1.27. The van der Waals surface area contributed by atoms with Crippen molar-refractivity contribution < 1.29 is 9.59 Å². The first-order chi connectivity index (χ1) is 15.3. The third-order valence-electron chi connectivity index (χ3n) is 5.94. The lowest BCUT2D eigenvalue weighted by Crippen LogP contribution is -2.41. The van der Waals surface area contributed by atoms with E-state index in [0.29, 0.717) is 31.4 Å². The molecule has 0 aliphatic carbocycles. The number of nitrogens with zero attached hydrogens (tertiary/aromatic N) is 3. The zero-order valence-corrected chi connectivity index (χ0v) is 19.8. The van der Waals surface area contributed by atoms with Crippen LogP contribution in [0.3, 0.4) is 0 Å². The van der Waals surface area contributed by atoms with E-state index < -0.39 is 0 Å². The number of carbonyl (C=O) groups is 2. The van der Waals surface area contributed by atoms with Crippen molar-refractivity contribution in [3.63, 3.8) is 0 Å².